The minimum absolute atomic E-state index is 0.0522. The predicted molar refractivity (Wildman–Crippen MR) is 92.1 cm³/mol. The molecule has 22 heavy (non-hydrogen) atoms. The van der Waals surface area contributed by atoms with Gasteiger partial charge >= 0.3 is 6.09 Å². The van der Waals surface area contributed by atoms with E-state index in [1.54, 1.807) is 0 Å². The van der Waals surface area contributed by atoms with Gasteiger partial charge in [-0.05, 0) is 53.5 Å². The van der Waals surface area contributed by atoms with E-state index in [0.717, 1.165) is 26.1 Å². The van der Waals surface area contributed by atoms with Gasteiger partial charge in [0.15, 0.2) is 0 Å². The summed E-state index contributed by atoms with van der Waals surface area (Å²) in [5.41, 5.74) is 0. The van der Waals surface area contributed by atoms with Crippen molar-refractivity contribution in [3.63, 3.8) is 0 Å². The first kappa shape index (κ1) is 19.0. The molecule has 1 amide bonds. The van der Waals surface area contributed by atoms with E-state index >= 15 is 0 Å². The van der Waals surface area contributed by atoms with E-state index in [9.17, 15) is 4.79 Å². The Bertz CT molecular complexity index is 344. The average molecular weight is 310 g/mol. The highest BCUT2D eigenvalue weighted by Gasteiger charge is 2.32. The second kappa shape index (κ2) is 9.88. The first-order valence-electron chi connectivity index (χ1n) is 8.78. The second-order valence-electron chi connectivity index (χ2n) is 6.77. The highest BCUT2D eigenvalue weighted by Crippen LogP contribution is 2.18. The van der Waals surface area contributed by atoms with Gasteiger partial charge in [0.05, 0.1) is 6.10 Å². The highest BCUT2D eigenvalue weighted by atomic mass is 16.6. The third-order valence-corrected chi connectivity index (χ3v) is 4.29. The molecule has 1 rings (SSSR count). The van der Waals surface area contributed by atoms with Gasteiger partial charge in [-0.25, -0.2) is 4.79 Å². The lowest BCUT2D eigenvalue weighted by molar-refractivity contribution is 0.0169. The number of ether oxygens (including phenoxy) is 1. The van der Waals surface area contributed by atoms with Gasteiger partial charge in [-0.3, -0.25) is 4.90 Å². The summed E-state index contributed by atoms with van der Waals surface area (Å²) in [6, 6.07) is 0.632. The lowest BCUT2D eigenvalue weighted by Crippen LogP contribution is -2.58. The lowest BCUT2D eigenvalue weighted by atomic mass is 10.1. The van der Waals surface area contributed by atoms with Crippen molar-refractivity contribution < 1.29 is 9.53 Å². The molecular weight excluding hydrogens is 276 g/mol. The van der Waals surface area contributed by atoms with Crippen molar-refractivity contribution in [3.05, 3.63) is 12.7 Å². The second-order valence-corrected chi connectivity index (χ2v) is 6.77. The summed E-state index contributed by atoms with van der Waals surface area (Å²) in [5.74, 6) is 0. The maximum atomic E-state index is 12.1. The van der Waals surface area contributed by atoms with E-state index in [1.165, 1.54) is 25.7 Å². The lowest BCUT2D eigenvalue weighted by Gasteiger charge is -2.43. The quantitative estimate of drug-likeness (QED) is 0.500. The molecule has 1 saturated heterocycles. The number of piperazine rings is 1. The van der Waals surface area contributed by atoms with Crippen LogP contribution >= 0.6 is 0 Å². The number of carbonyl (C=O) groups is 1. The van der Waals surface area contributed by atoms with Crippen LogP contribution in [0.15, 0.2) is 12.7 Å². The van der Waals surface area contributed by atoms with Crippen molar-refractivity contribution >= 4 is 6.09 Å². The van der Waals surface area contributed by atoms with Gasteiger partial charge in [0.1, 0.15) is 0 Å². The first-order valence-corrected chi connectivity index (χ1v) is 8.78. The Balaban J connectivity index is 2.33. The van der Waals surface area contributed by atoms with Gasteiger partial charge in [0.25, 0.3) is 0 Å². The molecule has 1 aliphatic heterocycles. The minimum atomic E-state index is -0.168. The van der Waals surface area contributed by atoms with Crippen molar-refractivity contribution in [2.24, 2.45) is 0 Å². The Hall–Kier alpha value is -1.03. The summed E-state index contributed by atoms with van der Waals surface area (Å²) in [5, 5.41) is 0. The highest BCUT2D eigenvalue weighted by molar-refractivity contribution is 5.68. The molecule has 0 saturated carbocycles. The molecule has 2 atom stereocenters. The molecule has 0 radical (unpaired) electrons. The average Bonchev–Trinajstić information content (AvgIpc) is 2.44. The van der Waals surface area contributed by atoms with Crippen molar-refractivity contribution in [2.75, 3.05) is 19.6 Å². The maximum Gasteiger partial charge on any atom is 0.410 e. The van der Waals surface area contributed by atoms with Crippen LogP contribution in [0.4, 0.5) is 4.79 Å². The maximum absolute atomic E-state index is 12.1. The summed E-state index contributed by atoms with van der Waals surface area (Å²) in [6.45, 7) is 14.7. The Morgan fingerprint density at radius 3 is 2.50 bits per heavy atom. The van der Waals surface area contributed by atoms with E-state index in [4.69, 9.17) is 4.74 Å². The van der Waals surface area contributed by atoms with Crippen molar-refractivity contribution in [1.82, 2.24) is 9.80 Å². The molecule has 1 aliphatic rings. The fraction of sp³-hybridized carbons (Fsp3) is 0.833. The van der Waals surface area contributed by atoms with Crippen LogP contribution in [0.5, 0.6) is 0 Å². The van der Waals surface area contributed by atoms with Gasteiger partial charge < -0.3 is 9.64 Å². The van der Waals surface area contributed by atoms with Crippen LogP contribution in [-0.2, 0) is 4.74 Å². The van der Waals surface area contributed by atoms with Crippen molar-refractivity contribution in [2.45, 2.75) is 78.0 Å². The Kier molecular flexibility index (Phi) is 8.54. The molecule has 2 unspecified atom stereocenters. The summed E-state index contributed by atoms with van der Waals surface area (Å²) in [6.07, 6.45) is 7.97. The zero-order valence-corrected chi connectivity index (χ0v) is 14.9. The fourth-order valence-corrected chi connectivity index (χ4v) is 2.99. The monoisotopic (exact) mass is 310 g/mol. The summed E-state index contributed by atoms with van der Waals surface area (Å²) in [4.78, 5) is 16.5. The smallest absolute Gasteiger partial charge is 0.410 e. The molecular formula is C18H34N2O2. The molecule has 0 aromatic heterocycles. The third kappa shape index (κ3) is 6.39. The SMILES string of the molecule is C=CCCCCCCN1CC(C)N(C(=O)OC(C)C)CC1C. The molecule has 0 spiro atoms. The molecule has 4 heteroatoms. The zero-order valence-electron chi connectivity index (χ0n) is 14.9. The van der Waals surface area contributed by atoms with Crippen LogP contribution < -0.4 is 0 Å². The fourth-order valence-electron chi connectivity index (χ4n) is 2.99. The van der Waals surface area contributed by atoms with E-state index in [-0.39, 0.29) is 18.2 Å². The molecule has 1 fully saturated rings. The van der Waals surface area contributed by atoms with Crippen LogP contribution in [0, 0.1) is 0 Å². The number of carbonyl (C=O) groups excluding carboxylic acids is 1. The van der Waals surface area contributed by atoms with Crippen LogP contribution in [0.2, 0.25) is 0 Å². The van der Waals surface area contributed by atoms with E-state index in [0.29, 0.717) is 6.04 Å². The number of allylic oxidation sites excluding steroid dienone is 1. The van der Waals surface area contributed by atoms with Gasteiger partial charge in [-0.1, -0.05) is 18.9 Å². The van der Waals surface area contributed by atoms with Crippen LogP contribution in [0.3, 0.4) is 0 Å². The minimum Gasteiger partial charge on any atom is -0.447 e. The first-order chi connectivity index (χ1) is 10.5. The summed E-state index contributed by atoms with van der Waals surface area (Å²) < 4.78 is 5.34. The molecule has 0 aromatic carbocycles. The molecule has 128 valence electrons. The standard InChI is InChI=1S/C18H34N2O2/c1-6-7-8-9-10-11-12-19-13-17(5)20(14-16(19)4)18(21)22-15(2)3/h6,15-17H,1,7-14H2,2-5H3. The number of unbranched alkanes of at least 4 members (excludes halogenated alkanes) is 4. The van der Waals surface area contributed by atoms with Crippen LogP contribution in [-0.4, -0.2) is 53.7 Å². The third-order valence-electron chi connectivity index (χ3n) is 4.29. The number of nitrogens with zero attached hydrogens (tertiary/aromatic N) is 2. The molecule has 1 heterocycles. The van der Waals surface area contributed by atoms with Gasteiger partial charge in [-0.15, -0.1) is 6.58 Å². The molecule has 4 nitrogen and oxygen atoms in total. The van der Waals surface area contributed by atoms with Crippen LogP contribution in [0.25, 0.3) is 0 Å². The molecule has 0 aliphatic carbocycles. The molecule has 0 aromatic rings. The Morgan fingerprint density at radius 1 is 1.18 bits per heavy atom. The number of hydrogen-bond donors (Lipinski definition) is 0. The van der Waals surface area contributed by atoms with Gasteiger partial charge in [-0.2, -0.15) is 0 Å². The predicted octanol–water partition coefficient (Wildman–Crippen LogP) is 4.06. The largest absolute Gasteiger partial charge is 0.447 e. The van der Waals surface area contributed by atoms with Crippen molar-refractivity contribution in [1.29, 1.82) is 0 Å². The van der Waals surface area contributed by atoms with Gasteiger partial charge in [0.2, 0.25) is 0 Å². The summed E-state index contributed by atoms with van der Waals surface area (Å²) >= 11 is 0. The van der Waals surface area contributed by atoms with E-state index in [1.807, 2.05) is 24.8 Å². The van der Waals surface area contributed by atoms with Gasteiger partial charge in [0, 0.05) is 25.2 Å². The Morgan fingerprint density at radius 2 is 1.86 bits per heavy atom. The topological polar surface area (TPSA) is 32.8 Å². The summed E-state index contributed by atoms with van der Waals surface area (Å²) in [7, 11) is 0. The molecule has 0 N–H and O–H groups in total. The Labute approximate surface area is 136 Å². The number of hydrogen-bond acceptors (Lipinski definition) is 3. The number of rotatable bonds is 8. The van der Waals surface area contributed by atoms with E-state index in [2.05, 4.69) is 25.3 Å². The van der Waals surface area contributed by atoms with Crippen molar-refractivity contribution in [3.8, 4) is 0 Å². The normalized spacial score (nSPS) is 22.9. The zero-order chi connectivity index (χ0) is 16.5. The van der Waals surface area contributed by atoms with E-state index < -0.39 is 0 Å². The molecule has 0 bridgehead atoms. The number of amides is 1. The van der Waals surface area contributed by atoms with Crippen LogP contribution in [0.1, 0.15) is 59.8 Å².